The smallest absolute Gasteiger partial charge is 0.338 e. The van der Waals surface area contributed by atoms with Crippen molar-refractivity contribution in [1.82, 2.24) is 9.80 Å². The Balaban J connectivity index is 1.40. The summed E-state index contributed by atoms with van der Waals surface area (Å²) >= 11 is 0. The molecule has 1 fully saturated rings. The number of anilines is 1. The Bertz CT molecular complexity index is 857. The fraction of sp³-hybridized carbons (Fsp3) is 0.360. The van der Waals surface area contributed by atoms with Crippen molar-refractivity contribution >= 4 is 23.8 Å². The molecule has 0 aliphatic carbocycles. The molecule has 31 heavy (non-hydrogen) atoms. The predicted molar refractivity (Wildman–Crippen MR) is 124 cm³/mol. The first-order valence-electron chi connectivity index (χ1n) is 10.9. The van der Waals surface area contributed by atoms with Crippen LogP contribution in [0, 0.1) is 0 Å². The van der Waals surface area contributed by atoms with Crippen molar-refractivity contribution in [3.63, 3.8) is 0 Å². The zero-order valence-electron chi connectivity index (χ0n) is 18.1. The quantitative estimate of drug-likeness (QED) is 0.503. The van der Waals surface area contributed by atoms with E-state index < -0.39 is 0 Å². The van der Waals surface area contributed by atoms with Gasteiger partial charge in [0.2, 0.25) is 0 Å². The molecule has 1 saturated heterocycles. The summed E-state index contributed by atoms with van der Waals surface area (Å²) in [5.41, 5.74) is 2.36. The highest BCUT2D eigenvalue weighted by Gasteiger charge is 2.20. The van der Waals surface area contributed by atoms with Gasteiger partial charge in [0.25, 0.3) is 0 Å². The van der Waals surface area contributed by atoms with Crippen molar-refractivity contribution in [2.75, 3.05) is 44.6 Å². The molecule has 0 unspecified atom stereocenters. The number of unbranched alkanes of at least 4 members (excludes halogenated alkanes) is 1. The van der Waals surface area contributed by atoms with Crippen molar-refractivity contribution < 1.29 is 14.3 Å². The van der Waals surface area contributed by atoms with Crippen molar-refractivity contribution in [1.29, 1.82) is 0 Å². The van der Waals surface area contributed by atoms with Crippen molar-refractivity contribution in [3.05, 3.63) is 71.8 Å². The standard InChI is InChI=1S/C25H31N3O3/c1-2-3-20-31-24(29)22-11-13-23(14-12-22)26-25(30)28-18-16-27(17-19-28)15-7-10-21-8-5-4-6-9-21/h4-14H,2-3,15-20H2,1H3,(H,26,30)/b10-7-. The van der Waals surface area contributed by atoms with Crippen LogP contribution in [0.1, 0.15) is 35.7 Å². The Morgan fingerprint density at radius 2 is 1.71 bits per heavy atom. The minimum Gasteiger partial charge on any atom is -0.462 e. The van der Waals surface area contributed by atoms with E-state index in [-0.39, 0.29) is 12.0 Å². The molecule has 1 heterocycles. The fourth-order valence-corrected chi connectivity index (χ4v) is 3.32. The summed E-state index contributed by atoms with van der Waals surface area (Å²) in [6.07, 6.45) is 6.13. The van der Waals surface area contributed by atoms with Gasteiger partial charge in [-0.15, -0.1) is 0 Å². The number of nitrogens with zero attached hydrogens (tertiary/aromatic N) is 2. The summed E-state index contributed by atoms with van der Waals surface area (Å²) in [5, 5.41) is 2.91. The molecule has 0 saturated carbocycles. The first-order valence-corrected chi connectivity index (χ1v) is 10.9. The Morgan fingerprint density at radius 3 is 2.39 bits per heavy atom. The van der Waals surface area contributed by atoms with E-state index in [4.69, 9.17) is 4.74 Å². The van der Waals surface area contributed by atoms with Gasteiger partial charge in [0.1, 0.15) is 0 Å². The molecule has 3 rings (SSSR count). The van der Waals surface area contributed by atoms with Gasteiger partial charge in [-0.25, -0.2) is 9.59 Å². The zero-order valence-corrected chi connectivity index (χ0v) is 18.1. The van der Waals surface area contributed by atoms with Gasteiger partial charge in [-0.05, 0) is 36.2 Å². The normalized spacial score (nSPS) is 14.5. The van der Waals surface area contributed by atoms with E-state index in [1.165, 1.54) is 5.56 Å². The lowest BCUT2D eigenvalue weighted by Crippen LogP contribution is -2.49. The van der Waals surface area contributed by atoms with E-state index in [2.05, 4.69) is 34.5 Å². The van der Waals surface area contributed by atoms with Crippen LogP contribution in [-0.2, 0) is 4.74 Å². The van der Waals surface area contributed by atoms with Crippen molar-refractivity contribution in [2.45, 2.75) is 19.8 Å². The first-order chi connectivity index (χ1) is 15.2. The van der Waals surface area contributed by atoms with Crippen LogP contribution in [0.5, 0.6) is 0 Å². The summed E-state index contributed by atoms with van der Waals surface area (Å²) in [7, 11) is 0. The molecule has 0 atom stereocenters. The van der Waals surface area contributed by atoms with Gasteiger partial charge in [-0.3, -0.25) is 4.90 Å². The molecule has 1 N–H and O–H groups in total. The molecule has 2 aromatic carbocycles. The number of amides is 2. The number of hydrogen-bond acceptors (Lipinski definition) is 4. The second kappa shape index (κ2) is 11.9. The SMILES string of the molecule is CCCCOC(=O)c1ccc(NC(=O)N2CCN(C/C=C\c3ccccc3)CC2)cc1. The highest BCUT2D eigenvalue weighted by Crippen LogP contribution is 2.13. The van der Waals surface area contributed by atoms with Gasteiger partial charge in [0.15, 0.2) is 0 Å². The minimum atomic E-state index is -0.330. The number of nitrogens with one attached hydrogen (secondary N) is 1. The van der Waals surface area contributed by atoms with E-state index in [1.54, 1.807) is 24.3 Å². The highest BCUT2D eigenvalue weighted by molar-refractivity contribution is 5.92. The Kier molecular flexibility index (Phi) is 8.67. The van der Waals surface area contributed by atoms with Crippen LogP contribution in [0.2, 0.25) is 0 Å². The molecule has 6 nitrogen and oxygen atoms in total. The Labute approximate surface area is 184 Å². The average molecular weight is 422 g/mol. The van der Waals surface area contributed by atoms with Gasteiger partial charge >= 0.3 is 12.0 Å². The highest BCUT2D eigenvalue weighted by atomic mass is 16.5. The molecule has 1 aliphatic heterocycles. The summed E-state index contributed by atoms with van der Waals surface area (Å²) in [5.74, 6) is -0.330. The number of benzene rings is 2. The van der Waals surface area contributed by atoms with Gasteiger partial charge in [-0.2, -0.15) is 0 Å². The lowest BCUT2D eigenvalue weighted by Gasteiger charge is -2.34. The fourth-order valence-electron chi connectivity index (χ4n) is 3.32. The topological polar surface area (TPSA) is 61.9 Å². The maximum absolute atomic E-state index is 12.6. The van der Waals surface area contributed by atoms with Crippen molar-refractivity contribution in [2.24, 2.45) is 0 Å². The summed E-state index contributed by atoms with van der Waals surface area (Å²) in [4.78, 5) is 28.7. The molecule has 0 radical (unpaired) electrons. The lowest BCUT2D eigenvalue weighted by molar-refractivity contribution is 0.0500. The zero-order chi connectivity index (χ0) is 21.9. The third-order valence-electron chi connectivity index (χ3n) is 5.24. The molecule has 2 amide bonds. The maximum atomic E-state index is 12.6. The van der Waals surface area contributed by atoms with Crippen LogP contribution in [0.4, 0.5) is 10.5 Å². The molecule has 0 spiro atoms. The van der Waals surface area contributed by atoms with Crippen LogP contribution < -0.4 is 5.32 Å². The van der Waals surface area contributed by atoms with Gasteiger partial charge in [-0.1, -0.05) is 55.8 Å². The molecule has 0 bridgehead atoms. The largest absolute Gasteiger partial charge is 0.462 e. The van der Waals surface area contributed by atoms with Gasteiger partial charge in [0, 0.05) is 38.4 Å². The van der Waals surface area contributed by atoms with E-state index in [1.807, 2.05) is 30.0 Å². The summed E-state index contributed by atoms with van der Waals surface area (Å²) < 4.78 is 5.20. The van der Waals surface area contributed by atoms with Gasteiger partial charge in [0.05, 0.1) is 12.2 Å². The molecular formula is C25H31N3O3. The van der Waals surface area contributed by atoms with Crippen molar-refractivity contribution in [3.8, 4) is 0 Å². The first kappa shape index (κ1) is 22.6. The minimum absolute atomic E-state index is 0.113. The summed E-state index contributed by atoms with van der Waals surface area (Å²) in [6, 6.07) is 17.0. The second-order valence-corrected chi connectivity index (χ2v) is 7.60. The number of rotatable bonds is 8. The molecule has 2 aromatic rings. The molecule has 1 aliphatic rings. The molecule has 164 valence electrons. The Morgan fingerprint density at radius 1 is 1.00 bits per heavy atom. The third-order valence-corrected chi connectivity index (χ3v) is 5.24. The average Bonchev–Trinajstić information content (AvgIpc) is 2.81. The monoisotopic (exact) mass is 421 g/mol. The van der Waals surface area contributed by atoms with Crippen LogP contribution in [-0.4, -0.2) is 61.1 Å². The van der Waals surface area contributed by atoms with Gasteiger partial charge < -0.3 is 15.0 Å². The van der Waals surface area contributed by atoms with Crippen LogP contribution in [0.25, 0.3) is 6.08 Å². The molecule has 0 aromatic heterocycles. The third kappa shape index (κ3) is 7.26. The number of carbonyl (C=O) groups is 2. The molecule has 6 heteroatoms. The number of hydrogen-bond donors (Lipinski definition) is 1. The van der Waals surface area contributed by atoms with Crippen LogP contribution in [0.3, 0.4) is 0 Å². The number of esters is 1. The number of carbonyl (C=O) groups excluding carboxylic acids is 2. The van der Waals surface area contributed by atoms with Crippen LogP contribution in [0.15, 0.2) is 60.7 Å². The number of piperazine rings is 1. The number of urea groups is 1. The van der Waals surface area contributed by atoms with Crippen LogP contribution >= 0.6 is 0 Å². The predicted octanol–water partition coefficient (Wildman–Crippen LogP) is 4.51. The van der Waals surface area contributed by atoms with E-state index in [0.717, 1.165) is 32.5 Å². The number of ether oxygens (including phenoxy) is 1. The van der Waals surface area contributed by atoms with E-state index in [0.29, 0.717) is 30.9 Å². The lowest BCUT2D eigenvalue weighted by atomic mass is 10.2. The summed E-state index contributed by atoms with van der Waals surface area (Å²) in [6.45, 7) is 6.42. The molecular weight excluding hydrogens is 390 g/mol. The van der Waals surface area contributed by atoms with E-state index in [9.17, 15) is 9.59 Å². The second-order valence-electron chi connectivity index (χ2n) is 7.60. The van der Waals surface area contributed by atoms with E-state index >= 15 is 0 Å². The Hall–Kier alpha value is -3.12. The maximum Gasteiger partial charge on any atom is 0.338 e.